The Morgan fingerprint density at radius 1 is 1.36 bits per heavy atom. The summed E-state index contributed by atoms with van der Waals surface area (Å²) in [5, 5.41) is 0.738. The number of aliphatic imine (C=N–C) groups is 1. The Morgan fingerprint density at radius 3 is 2.36 bits per heavy atom. The van der Waals surface area contributed by atoms with Gasteiger partial charge in [0.05, 0.1) is 0 Å². The molecule has 1 nitrogen and oxygen atoms in total. The molecular weight excluding hydrogens is 225 g/mol. The maximum absolute atomic E-state index is 5.69. The Bertz CT molecular complexity index is 262. The van der Waals surface area contributed by atoms with E-state index >= 15 is 0 Å². The Labute approximate surface area is 79.3 Å². The molecule has 1 rings (SSSR count). The number of benzene rings is 1. The van der Waals surface area contributed by atoms with Crippen LogP contribution in [-0.2, 0) is 0 Å². The van der Waals surface area contributed by atoms with Gasteiger partial charge in [-0.15, -0.1) is 0 Å². The van der Waals surface area contributed by atoms with E-state index in [9.17, 15) is 0 Å². The van der Waals surface area contributed by atoms with Crippen LogP contribution >= 0.6 is 11.6 Å². The molecule has 0 amide bonds. The second kappa shape index (κ2) is 3.91. The van der Waals surface area contributed by atoms with Crippen LogP contribution < -0.4 is 0 Å². The van der Waals surface area contributed by atoms with Gasteiger partial charge in [0.2, 0.25) is 0 Å². The van der Waals surface area contributed by atoms with Crippen molar-refractivity contribution in [2.24, 2.45) is 4.99 Å². The molecule has 0 aliphatic carbocycles. The van der Waals surface area contributed by atoms with Crippen LogP contribution in [0, 0.1) is 0 Å². The van der Waals surface area contributed by atoms with Crippen LogP contribution in [-0.4, -0.2) is 20.6 Å². The molecule has 1 aromatic carbocycles. The van der Waals surface area contributed by atoms with Gasteiger partial charge in [-0.3, -0.25) is 0 Å². The van der Waals surface area contributed by atoms with Gasteiger partial charge < -0.3 is 0 Å². The van der Waals surface area contributed by atoms with Gasteiger partial charge in [-0.2, -0.15) is 0 Å². The van der Waals surface area contributed by atoms with E-state index in [1.165, 1.54) is 0 Å². The number of nitrogens with zero attached hydrogens (tertiary/aromatic N) is 1. The first-order valence-corrected chi connectivity index (χ1v) is 4.40. The molecule has 0 heterocycles. The second-order valence-corrected chi connectivity index (χ2v) is 3.78. The third kappa shape index (κ3) is 3.06. The third-order valence-corrected chi connectivity index (χ3v) is 1.56. The topological polar surface area (TPSA) is 12.4 Å². The third-order valence-electron chi connectivity index (χ3n) is 1.11. The molecule has 0 aliphatic heterocycles. The second-order valence-electron chi connectivity index (χ2n) is 2.11. The summed E-state index contributed by atoms with van der Waals surface area (Å²) in [6.45, 7) is 1.91. The first kappa shape index (κ1) is 8.79. The maximum atomic E-state index is 5.69. The molecule has 3 heteroatoms. The van der Waals surface area contributed by atoms with E-state index in [0.717, 1.165) is 15.3 Å². The fourth-order valence-corrected chi connectivity index (χ4v) is 1.04. The van der Waals surface area contributed by atoms with Gasteiger partial charge in [0, 0.05) is 0 Å². The van der Waals surface area contributed by atoms with Crippen LogP contribution in [0.3, 0.4) is 0 Å². The minimum atomic E-state index is 0.738. The Kier molecular flexibility index (Phi) is 3.13. The van der Waals surface area contributed by atoms with E-state index in [-0.39, 0.29) is 0 Å². The molecule has 0 fully saturated rings. The van der Waals surface area contributed by atoms with E-state index in [0.29, 0.717) is 0 Å². The van der Waals surface area contributed by atoms with Crippen LogP contribution in [0.25, 0.3) is 0 Å². The molecule has 0 N–H and O–H groups in total. The zero-order chi connectivity index (χ0) is 8.27. The summed E-state index contributed by atoms with van der Waals surface area (Å²) in [5.74, 6) is 0. The predicted molar refractivity (Wildman–Crippen MR) is 50.0 cm³/mol. The SMILES string of the molecule is CC([Se])=Nc1ccc(Cl)cc1. The summed E-state index contributed by atoms with van der Waals surface area (Å²) < 4.78 is 0.923. The summed E-state index contributed by atoms with van der Waals surface area (Å²) >= 11 is 8.51. The summed E-state index contributed by atoms with van der Waals surface area (Å²) in [7, 11) is 0. The molecular formula is C8H7ClNSe. The predicted octanol–water partition coefficient (Wildman–Crippen LogP) is 2.56. The number of rotatable bonds is 1. The molecule has 57 valence electrons. The quantitative estimate of drug-likeness (QED) is 0.520. The molecule has 0 spiro atoms. The standard InChI is InChI=1S/C8H7ClNSe/c1-6(11)10-8-4-2-7(9)3-5-8/h2-5H,1H3. The fraction of sp³-hybridized carbons (Fsp3) is 0.125. The fourth-order valence-electron chi connectivity index (χ4n) is 0.697. The van der Waals surface area contributed by atoms with Crippen molar-refractivity contribution >= 4 is 37.9 Å². The summed E-state index contributed by atoms with van der Waals surface area (Å²) in [6, 6.07) is 7.40. The van der Waals surface area contributed by atoms with Gasteiger partial charge in [0.15, 0.2) is 0 Å². The van der Waals surface area contributed by atoms with Crippen molar-refractivity contribution in [3.8, 4) is 0 Å². The van der Waals surface area contributed by atoms with Crippen LogP contribution in [0.4, 0.5) is 5.69 Å². The van der Waals surface area contributed by atoms with Crippen LogP contribution in [0.1, 0.15) is 6.92 Å². The normalized spacial score (nSPS) is 11.6. The molecule has 0 bridgehead atoms. The van der Waals surface area contributed by atoms with Gasteiger partial charge in [-0.05, 0) is 0 Å². The molecule has 1 radical (unpaired) electrons. The Morgan fingerprint density at radius 2 is 1.91 bits per heavy atom. The number of halogens is 1. The van der Waals surface area contributed by atoms with Gasteiger partial charge in [0.1, 0.15) is 0 Å². The van der Waals surface area contributed by atoms with E-state index in [2.05, 4.69) is 21.0 Å². The molecule has 0 aliphatic rings. The Balaban J connectivity index is 2.91. The summed E-state index contributed by atoms with van der Waals surface area (Å²) in [5.41, 5.74) is 0.922. The first-order chi connectivity index (χ1) is 5.18. The molecule has 0 saturated carbocycles. The summed E-state index contributed by atoms with van der Waals surface area (Å²) in [4.78, 5) is 4.20. The first-order valence-electron chi connectivity index (χ1n) is 3.16. The van der Waals surface area contributed by atoms with Gasteiger partial charge >= 0.3 is 79.1 Å². The van der Waals surface area contributed by atoms with Crippen molar-refractivity contribution in [3.63, 3.8) is 0 Å². The molecule has 0 saturated heterocycles. The zero-order valence-corrected chi connectivity index (χ0v) is 8.51. The van der Waals surface area contributed by atoms with E-state index in [1.807, 2.05) is 31.2 Å². The van der Waals surface area contributed by atoms with Crippen molar-refractivity contribution < 1.29 is 0 Å². The van der Waals surface area contributed by atoms with Gasteiger partial charge in [-0.1, -0.05) is 0 Å². The van der Waals surface area contributed by atoms with Crippen molar-refractivity contribution in [1.82, 2.24) is 0 Å². The molecule has 11 heavy (non-hydrogen) atoms. The van der Waals surface area contributed by atoms with Gasteiger partial charge in [-0.25, -0.2) is 0 Å². The van der Waals surface area contributed by atoms with Crippen molar-refractivity contribution in [2.45, 2.75) is 6.92 Å². The van der Waals surface area contributed by atoms with Crippen molar-refractivity contribution in [1.29, 1.82) is 0 Å². The molecule has 1 aromatic rings. The summed E-state index contributed by atoms with van der Waals surface area (Å²) in [6.07, 6.45) is 0. The van der Waals surface area contributed by atoms with E-state index < -0.39 is 0 Å². The van der Waals surface area contributed by atoms with Crippen LogP contribution in [0.15, 0.2) is 29.3 Å². The van der Waals surface area contributed by atoms with Crippen LogP contribution in [0.2, 0.25) is 5.02 Å². The van der Waals surface area contributed by atoms with E-state index in [1.54, 1.807) is 0 Å². The van der Waals surface area contributed by atoms with Gasteiger partial charge in [0.25, 0.3) is 0 Å². The molecule has 0 atom stereocenters. The molecule has 0 unspecified atom stereocenters. The monoisotopic (exact) mass is 232 g/mol. The average molecular weight is 232 g/mol. The van der Waals surface area contributed by atoms with Crippen molar-refractivity contribution in [2.75, 3.05) is 0 Å². The van der Waals surface area contributed by atoms with Crippen LogP contribution in [0.5, 0.6) is 0 Å². The number of hydrogen-bond acceptors (Lipinski definition) is 1. The molecule has 0 aromatic heterocycles. The van der Waals surface area contributed by atoms with E-state index in [4.69, 9.17) is 11.6 Å². The zero-order valence-electron chi connectivity index (χ0n) is 6.04. The average Bonchev–Trinajstić information content (AvgIpc) is 1.93. The van der Waals surface area contributed by atoms with Crippen molar-refractivity contribution in [3.05, 3.63) is 29.3 Å². The number of hydrogen-bond donors (Lipinski definition) is 0. The Hall–Kier alpha value is -0.301. The minimum absolute atomic E-state index is 0.738.